The lowest BCUT2D eigenvalue weighted by Gasteiger charge is -2.26. The highest BCUT2D eigenvalue weighted by Gasteiger charge is 2.35. The van der Waals surface area contributed by atoms with Crippen LogP contribution >= 0.6 is 11.8 Å². The van der Waals surface area contributed by atoms with E-state index in [9.17, 15) is 4.79 Å². The second-order valence-electron chi connectivity index (χ2n) is 5.02. The van der Waals surface area contributed by atoms with Crippen molar-refractivity contribution in [3.8, 4) is 0 Å². The average molecular weight is 262 g/mol. The predicted molar refractivity (Wildman–Crippen MR) is 73.1 cm³/mol. The minimum atomic E-state index is 0.187. The van der Waals surface area contributed by atoms with Gasteiger partial charge in [-0.3, -0.25) is 9.78 Å². The molecule has 3 nitrogen and oxygen atoms in total. The molecule has 0 aromatic carbocycles. The lowest BCUT2D eigenvalue weighted by molar-refractivity contribution is -0.135. The fraction of sp³-hybridized carbons (Fsp3) is 0.571. The zero-order chi connectivity index (χ0) is 12.4. The zero-order valence-corrected chi connectivity index (χ0v) is 11.2. The Balaban J connectivity index is 1.77. The highest BCUT2D eigenvalue weighted by Crippen LogP contribution is 2.40. The Hall–Kier alpha value is -1.03. The van der Waals surface area contributed by atoms with Crippen molar-refractivity contribution in [3.63, 3.8) is 0 Å². The average Bonchev–Trinajstić information content (AvgIpc) is 3.10. The van der Waals surface area contributed by atoms with Gasteiger partial charge in [-0.15, -0.1) is 11.8 Å². The van der Waals surface area contributed by atoms with Crippen molar-refractivity contribution < 1.29 is 4.79 Å². The summed E-state index contributed by atoms with van der Waals surface area (Å²) < 4.78 is 0. The molecule has 2 heterocycles. The van der Waals surface area contributed by atoms with Gasteiger partial charge in [0.2, 0.25) is 5.91 Å². The summed E-state index contributed by atoms with van der Waals surface area (Å²) in [7, 11) is 0. The fourth-order valence-corrected chi connectivity index (χ4v) is 4.15. The standard InChI is InChI=1S/C14H18N2OS/c17-13(11-4-1-2-5-11)16-8-9-18-14(16)12-6-3-7-15-10-12/h3,6-7,10-11,14H,1-2,4-5,8-9H2. The van der Waals surface area contributed by atoms with Crippen molar-refractivity contribution in [2.75, 3.05) is 12.3 Å². The van der Waals surface area contributed by atoms with Gasteiger partial charge in [-0.1, -0.05) is 18.9 Å². The Bertz CT molecular complexity index is 417. The van der Waals surface area contributed by atoms with E-state index in [1.807, 2.05) is 24.0 Å². The van der Waals surface area contributed by atoms with Crippen LogP contribution in [0.4, 0.5) is 0 Å². The number of hydrogen-bond acceptors (Lipinski definition) is 3. The Morgan fingerprint density at radius 1 is 1.39 bits per heavy atom. The molecule has 1 atom stereocenters. The fourth-order valence-electron chi connectivity index (χ4n) is 2.90. The first-order valence-corrected chi connectivity index (χ1v) is 7.73. The Kier molecular flexibility index (Phi) is 3.55. The summed E-state index contributed by atoms with van der Waals surface area (Å²) in [4.78, 5) is 18.8. The first kappa shape index (κ1) is 12.0. The van der Waals surface area contributed by atoms with Crippen molar-refractivity contribution >= 4 is 17.7 Å². The molecule has 1 unspecified atom stereocenters. The Morgan fingerprint density at radius 2 is 2.22 bits per heavy atom. The summed E-state index contributed by atoms with van der Waals surface area (Å²) >= 11 is 1.86. The topological polar surface area (TPSA) is 33.2 Å². The summed E-state index contributed by atoms with van der Waals surface area (Å²) in [5, 5.41) is 0.187. The van der Waals surface area contributed by atoms with Crippen molar-refractivity contribution in [1.29, 1.82) is 0 Å². The maximum atomic E-state index is 12.5. The number of carbonyl (C=O) groups excluding carboxylic acids is 1. The zero-order valence-electron chi connectivity index (χ0n) is 10.4. The number of thioether (sulfide) groups is 1. The molecule has 96 valence electrons. The molecule has 3 rings (SSSR count). The molecule has 1 amide bonds. The number of pyridine rings is 1. The smallest absolute Gasteiger partial charge is 0.226 e. The van der Waals surface area contributed by atoms with Crippen molar-refractivity contribution in [3.05, 3.63) is 30.1 Å². The van der Waals surface area contributed by atoms with E-state index in [1.165, 1.54) is 12.8 Å². The SMILES string of the molecule is O=C(C1CCCC1)N1CCSC1c1cccnc1. The maximum Gasteiger partial charge on any atom is 0.226 e. The minimum Gasteiger partial charge on any atom is -0.325 e. The summed E-state index contributed by atoms with van der Waals surface area (Å²) in [5.41, 5.74) is 1.16. The third kappa shape index (κ3) is 2.26. The number of amides is 1. The molecule has 0 N–H and O–H groups in total. The highest BCUT2D eigenvalue weighted by atomic mass is 32.2. The molecule has 0 spiro atoms. The van der Waals surface area contributed by atoms with Crippen LogP contribution in [0.3, 0.4) is 0 Å². The predicted octanol–water partition coefficient (Wildman–Crippen LogP) is 2.85. The van der Waals surface area contributed by atoms with Crippen molar-refractivity contribution in [2.45, 2.75) is 31.1 Å². The molecule has 18 heavy (non-hydrogen) atoms. The Labute approximate surface area is 112 Å². The minimum absolute atomic E-state index is 0.187. The second-order valence-corrected chi connectivity index (χ2v) is 6.21. The third-order valence-electron chi connectivity index (χ3n) is 3.85. The summed E-state index contributed by atoms with van der Waals surface area (Å²) in [6, 6.07) is 4.03. The first-order valence-electron chi connectivity index (χ1n) is 6.68. The van der Waals surface area contributed by atoms with Crippen LogP contribution in [-0.4, -0.2) is 28.1 Å². The molecule has 0 bridgehead atoms. The molecule has 1 aromatic rings. The summed E-state index contributed by atoms with van der Waals surface area (Å²) in [6.45, 7) is 0.888. The number of aromatic nitrogens is 1. The molecule has 2 fully saturated rings. The molecule has 4 heteroatoms. The number of hydrogen-bond donors (Lipinski definition) is 0. The molecule has 2 aliphatic rings. The molecular formula is C14H18N2OS. The lowest BCUT2D eigenvalue weighted by atomic mass is 10.1. The van der Waals surface area contributed by atoms with Gasteiger partial charge >= 0.3 is 0 Å². The van der Waals surface area contributed by atoms with Crippen LogP contribution in [0.1, 0.15) is 36.6 Å². The Morgan fingerprint density at radius 3 is 2.94 bits per heavy atom. The van der Waals surface area contributed by atoms with Crippen LogP contribution < -0.4 is 0 Å². The lowest BCUT2D eigenvalue weighted by Crippen LogP contribution is -2.34. The van der Waals surface area contributed by atoms with E-state index in [1.54, 1.807) is 6.20 Å². The van der Waals surface area contributed by atoms with Gasteiger partial charge in [-0.25, -0.2) is 0 Å². The molecule has 1 aromatic heterocycles. The van der Waals surface area contributed by atoms with Crippen LogP contribution in [0.15, 0.2) is 24.5 Å². The monoisotopic (exact) mass is 262 g/mol. The number of rotatable bonds is 2. The van der Waals surface area contributed by atoms with Gasteiger partial charge in [0, 0.05) is 36.2 Å². The van der Waals surface area contributed by atoms with Gasteiger partial charge in [0.05, 0.1) is 0 Å². The molecule has 1 aliphatic carbocycles. The number of carbonyl (C=O) groups is 1. The second kappa shape index (κ2) is 5.31. The van der Waals surface area contributed by atoms with Crippen LogP contribution in [0.5, 0.6) is 0 Å². The first-order chi connectivity index (χ1) is 8.86. The van der Waals surface area contributed by atoms with E-state index in [0.717, 1.165) is 30.7 Å². The van der Waals surface area contributed by atoms with E-state index >= 15 is 0 Å². The van der Waals surface area contributed by atoms with E-state index in [2.05, 4.69) is 16.0 Å². The molecule has 0 radical (unpaired) electrons. The third-order valence-corrected chi connectivity index (χ3v) is 5.11. The van der Waals surface area contributed by atoms with Crippen molar-refractivity contribution in [2.24, 2.45) is 5.92 Å². The van der Waals surface area contributed by atoms with Crippen LogP contribution in [-0.2, 0) is 4.79 Å². The highest BCUT2D eigenvalue weighted by molar-refractivity contribution is 7.99. The maximum absolute atomic E-state index is 12.5. The summed E-state index contributed by atoms with van der Waals surface area (Å²) in [5.74, 6) is 1.69. The van der Waals surface area contributed by atoms with Crippen molar-refractivity contribution in [1.82, 2.24) is 9.88 Å². The van der Waals surface area contributed by atoms with Gasteiger partial charge < -0.3 is 4.90 Å². The summed E-state index contributed by atoms with van der Waals surface area (Å²) in [6.07, 6.45) is 8.27. The van der Waals surface area contributed by atoms with Gasteiger partial charge in [0.1, 0.15) is 5.37 Å². The van der Waals surface area contributed by atoms with Gasteiger partial charge in [0.15, 0.2) is 0 Å². The van der Waals surface area contributed by atoms with E-state index in [0.29, 0.717) is 5.91 Å². The van der Waals surface area contributed by atoms with Crippen LogP contribution in [0.25, 0.3) is 0 Å². The quantitative estimate of drug-likeness (QED) is 0.821. The van der Waals surface area contributed by atoms with E-state index in [-0.39, 0.29) is 11.3 Å². The van der Waals surface area contributed by atoms with Gasteiger partial charge in [0.25, 0.3) is 0 Å². The largest absolute Gasteiger partial charge is 0.325 e. The molecule has 1 saturated heterocycles. The van der Waals surface area contributed by atoms with Crippen LogP contribution in [0.2, 0.25) is 0 Å². The molecule has 1 aliphatic heterocycles. The van der Waals surface area contributed by atoms with Crippen LogP contribution in [0, 0.1) is 5.92 Å². The molecular weight excluding hydrogens is 244 g/mol. The molecule has 1 saturated carbocycles. The number of nitrogens with zero attached hydrogens (tertiary/aromatic N) is 2. The van der Waals surface area contributed by atoms with E-state index in [4.69, 9.17) is 0 Å². The van der Waals surface area contributed by atoms with Gasteiger partial charge in [-0.05, 0) is 18.9 Å². The normalized spacial score (nSPS) is 24.7. The van der Waals surface area contributed by atoms with E-state index < -0.39 is 0 Å². The van der Waals surface area contributed by atoms with Gasteiger partial charge in [-0.2, -0.15) is 0 Å².